The summed E-state index contributed by atoms with van der Waals surface area (Å²) in [6, 6.07) is 23.6. The topological polar surface area (TPSA) is 157 Å². The third-order valence-electron chi connectivity index (χ3n) is 8.58. The molecule has 54 heavy (non-hydrogen) atoms. The molecule has 4 aromatic carbocycles. The Morgan fingerprint density at radius 2 is 1.06 bits per heavy atom. The monoisotopic (exact) mass is 750 g/mol. The standard InChI is InChI=1S/C40H38N4O9S/c1-25-7-11-30(12-8-25)43-39(45)33(26(2)41-43)21-28-9-17-35(37(23-28)50-4)52-19-6-20-53-36-18-10-29(24-38(36)51-5)22-34-27(3)42-44(40(34)46)31-13-15-32(16-14-31)54(47,48)49/h7-18,21-24H,6,19-20H2,1-5H3,(H,47,48,49)/b33-21+,34-22+. The van der Waals surface area contributed by atoms with E-state index >= 15 is 0 Å². The van der Waals surface area contributed by atoms with E-state index in [-0.39, 0.29) is 10.8 Å². The summed E-state index contributed by atoms with van der Waals surface area (Å²) in [4.78, 5) is 26.1. The summed E-state index contributed by atoms with van der Waals surface area (Å²) in [5.41, 5.74) is 5.53. The molecule has 6 rings (SSSR count). The van der Waals surface area contributed by atoms with Gasteiger partial charge in [0.05, 0.1) is 66.3 Å². The maximum absolute atomic E-state index is 13.2. The van der Waals surface area contributed by atoms with Crippen molar-refractivity contribution < 1.29 is 41.5 Å². The van der Waals surface area contributed by atoms with Crippen LogP contribution in [0.1, 0.15) is 37.0 Å². The number of hydrogen-bond donors (Lipinski definition) is 1. The van der Waals surface area contributed by atoms with Gasteiger partial charge < -0.3 is 18.9 Å². The van der Waals surface area contributed by atoms with Crippen LogP contribution in [0.15, 0.2) is 111 Å². The van der Waals surface area contributed by atoms with Gasteiger partial charge in [-0.2, -0.15) is 28.6 Å². The predicted molar refractivity (Wildman–Crippen MR) is 206 cm³/mol. The maximum atomic E-state index is 13.2. The number of methoxy groups -OCH3 is 2. The summed E-state index contributed by atoms with van der Waals surface area (Å²) in [7, 11) is -1.28. The molecule has 13 nitrogen and oxygen atoms in total. The number of carbonyl (C=O) groups excluding carboxylic acids is 2. The van der Waals surface area contributed by atoms with Crippen molar-refractivity contribution >= 4 is 56.9 Å². The van der Waals surface area contributed by atoms with E-state index in [1.807, 2.05) is 43.3 Å². The number of rotatable bonds is 13. The van der Waals surface area contributed by atoms with Crippen LogP contribution >= 0.6 is 0 Å². The fraction of sp³-hybridized carbons (Fsp3) is 0.200. The first-order valence-electron chi connectivity index (χ1n) is 16.9. The van der Waals surface area contributed by atoms with Gasteiger partial charge in [-0.1, -0.05) is 29.8 Å². The summed E-state index contributed by atoms with van der Waals surface area (Å²) in [6.45, 7) is 6.16. The van der Waals surface area contributed by atoms with Crippen LogP contribution in [0.25, 0.3) is 12.2 Å². The van der Waals surface area contributed by atoms with Gasteiger partial charge in [-0.3, -0.25) is 14.1 Å². The van der Waals surface area contributed by atoms with Crippen molar-refractivity contribution in [3.63, 3.8) is 0 Å². The first kappa shape index (κ1) is 37.5. The Morgan fingerprint density at radius 1 is 0.630 bits per heavy atom. The number of carbonyl (C=O) groups is 2. The molecule has 0 atom stereocenters. The molecule has 0 unspecified atom stereocenters. The summed E-state index contributed by atoms with van der Waals surface area (Å²) >= 11 is 0. The highest BCUT2D eigenvalue weighted by molar-refractivity contribution is 7.85. The Labute approximate surface area is 313 Å². The molecule has 0 aliphatic carbocycles. The quantitative estimate of drug-likeness (QED) is 0.0891. The molecule has 0 fully saturated rings. The molecule has 2 heterocycles. The molecule has 14 heteroatoms. The largest absolute Gasteiger partial charge is 0.493 e. The van der Waals surface area contributed by atoms with Gasteiger partial charge in [0.25, 0.3) is 21.9 Å². The van der Waals surface area contributed by atoms with Crippen LogP contribution in [0, 0.1) is 6.92 Å². The van der Waals surface area contributed by atoms with Crippen molar-refractivity contribution in [3.05, 3.63) is 113 Å². The Hall–Kier alpha value is -6.25. The molecule has 4 aromatic rings. The summed E-state index contributed by atoms with van der Waals surface area (Å²) in [5.74, 6) is 1.45. The highest BCUT2D eigenvalue weighted by Crippen LogP contribution is 2.33. The second kappa shape index (κ2) is 15.8. The lowest BCUT2D eigenvalue weighted by atomic mass is 10.1. The van der Waals surface area contributed by atoms with Crippen LogP contribution in [0.5, 0.6) is 23.0 Å². The van der Waals surface area contributed by atoms with Crippen LogP contribution in [0.3, 0.4) is 0 Å². The van der Waals surface area contributed by atoms with Gasteiger partial charge in [-0.25, -0.2) is 0 Å². The van der Waals surface area contributed by atoms with Crippen molar-refractivity contribution in [2.75, 3.05) is 37.5 Å². The number of ether oxygens (including phenoxy) is 4. The van der Waals surface area contributed by atoms with Crippen LogP contribution in [0.4, 0.5) is 11.4 Å². The molecule has 2 aliphatic rings. The molecule has 0 aromatic heterocycles. The zero-order valence-corrected chi connectivity index (χ0v) is 31.1. The summed E-state index contributed by atoms with van der Waals surface area (Å²) < 4.78 is 55.1. The Kier molecular flexibility index (Phi) is 11.0. The summed E-state index contributed by atoms with van der Waals surface area (Å²) in [6.07, 6.45) is 4.02. The normalized spacial score (nSPS) is 15.9. The third kappa shape index (κ3) is 8.19. The van der Waals surface area contributed by atoms with Crippen molar-refractivity contribution in [2.45, 2.75) is 32.1 Å². The van der Waals surface area contributed by atoms with E-state index in [1.54, 1.807) is 57.4 Å². The zero-order chi connectivity index (χ0) is 38.6. The van der Waals surface area contributed by atoms with Crippen LogP contribution in [-0.4, -0.2) is 63.6 Å². The average molecular weight is 751 g/mol. The Morgan fingerprint density at radius 3 is 1.46 bits per heavy atom. The van der Waals surface area contributed by atoms with Gasteiger partial charge in [0, 0.05) is 6.42 Å². The number of hydrazone groups is 2. The van der Waals surface area contributed by atoms with E-state index in [1.165, 1.54) is 41.4 Å². The summed E-state index contributed by atoms with van der Waals surface area (Å²) in [5, 5.41) is 11.4. The minimum absolute atomic E-state index is 0.203. The number of anilines is 2. The number of amides is 2. The predicted octanol–water partition coefficient (Wildman–Crippen LogP) is 6.72. The Balaban J connectivity index is 1.03. The second-order valence-electron chi connectivity index (χ2n) is 12.4. The van der Waals surface area contributed by atoms with Gasteiger partial charge in [-0.15, -0.1) is 0 Å². The lowest BCUT2D eigenvalue weighted by Gasteiger charge is -2.14. The highest BCUT2D eigenvalue weighted by atomic mass is 32.2. The molecular weight excluding hydrogens is 713 g/mol. The molecule has 0 bridgehead atoms. The second-order valence-corrected chi connectivity index (χ2v) is 13.8. The lowest BCUT2D eigenvalue weighted by Crippen LogP contribution is -2.21. The molecule has 0 saturated carbocycles. The van der Waals surface area contributed by atoms with Gasteiger partial charge >= 0.3 is 0 Å². The smallest absolute Gasteiger partial charge is 0.294 e. The van der Waals surface area contributed by atoms with E-state index in [9.17, 15) is 22.6 Å². The van der Waals surface area contributed by atoms with E-state index < -0.39 is 16.0 Å². The molecule has 0 radical (unpaired) electrons. The fourth-order valence-corrected chi connectivity index (χ4v) is 6.19. The first-order valence-corrected chi connectivity index (χ1v) is 18.3. The average Bonchev–Trinajstić information content (AvgIpc) is 3.60. The lowest BCUT2D eigenvalue weighted by molar-refractivity contribution is -0.115. The number of aryl methyl sites for hydroxylation is 1. The maximum Gasteiger partial charge on any atom is 0.294 e. The highest BCUT2D eigenvalue weighted by Gasteiger charge is 2.30. The van der Waals surface area contributed by atoms with E-state index in [2.05, 4.69) is 10.2 Å². The van der Waals surface area contributed by atoms with Crippen molar-refractivity contribution in [3.8, 4) is 23.0 Å². The van der Waals surface area contributed by atoms with Gasteiger partial charge in [0.1, 0.15) is 0 Å². The van der Waals surface area contributed by atoms with Crippen molar-refractivity contribution in [2.24, 2.45) is 10.2 Å². The molecule has 1 N–H and O–H groups in total. The van der Waals surface area contributed by atoms with E-state index in [4.69, 9.17) is 18.9 Å². The molecular formula is C40H38N4O9S. The molecule has 2 amide bonds. The molecule has 278 valence electrons. The molecule has 0 spiro atoms. The van der Waals surface area contributed by atoms with Crippen LogP contribution in [0.2, 0.25) is 0 Å². The van der Waals surface area contributed by atoms with Gasteiger partial charge in [-0.05, 0) is 105 Å². The van der Waals surface area contributed by atoms with E-state index in [0.717, 1.165) is 11.1 Å². The minimum atomic E-state index is -4.36. The third-order valence-corrected chi connectivity index (χ3v) is 9.45. The number of hydrogen-bond acceptors (Lipinski definition) is 10. The van der Waals surface area contributed by atoms with Crippen LogP contribution in [-0.2, 0) is 19.7 Å². The molecule has 0 saturated heterocycles. The SMILES string of the molecule is COc1cc(/C=C2/C(=O)N(c3ccc(C)cc3)N=C2C)ccc1OCCCOc1ccc(/C=C2/C(=O)N(c3ccc(S(=O)(=O)O)cc3)N=C2C)cc1OC. The molecule has 2 aliphatic heterocycles. The number of benzene rings is 4. The van der Waals surface area contributed by atoms with E-state index in [0.29, 0.717) is 82.1 Å². The zero-order valence-electron chi connectivity index (χ0n) is 30.3. The Bertz CT molecular complexity index is 2330. The number of nitrogens with zero attached hydrogens (tertiary/aromatic N) is 4. The van der Waals surface area contributed by atoms with Crippen LogP contribution < -0.4 is 29.0 Å². The van der Waals surface area contributed by atoms with Gasteiger partial charge in [0.2, 0.25) is 0 Å². The van der Waals surface area contributed by atoms with Crippen molar-refractivity contribution in [1.29, 1.82) is 0 Å². The minimum Gasteiger partial charge on any atom is -0.493 e. The first-order chi connectivity index (χ1) is 25.9. The fourth-order valence-electron chi connectivity index (χ4n) is 5.71. The van der Waals surface area contributed by atoms with Gasteiger partial charge in [0.15, 0.2) is 23.0 Å². The van der Waals surface area contributed by atoms with Crippen molar-refractivity contribution in [1.82, 2.24) is 0 Å².